The number of hydrogen-bond acceptors (Lipinski definition) is 4. The van der Waals surface area contributed by atoms with Crippen molar-refractivity contribution < 1.29 is 9.53 Å². The summed E-state index contributed by atoms with van der Waals surface area (Å²) in [6, 6.07) is 7.33. The SMILES string of the molecule is CN(c1ccc(C(N)=S)cc1)C1CCOC1=O. The average molecular weight is 250 g/mol. The van der Waals surface area contributed by atoms with Crippen molar-refractivity contribution in [2.75, 3.05) is 18.6 Å². The molecule has 1 atom stereocenters. The van der Waals surface area contributed by atoms with Gasteiger partial charge in [0.05, 0.1) is 6.61 Å². The van der Waals surface area contributed by atoms with Gasteiger partial charge in [-0.25, -0.2) is 4.79 Å². The Bertz CT molecular complexity index is 444. The van der Waals surface area contributed by atoms with Gasteiger partial charge >= 0.3 is 5.97 Å². The largest absolute Gasteiger partial charge is 0.464 e. The maximum atomic E-state index is 11.5. The van der Waals surface area contributed by atoms with Crippen LogP contribution < -0.4 is 10.6 Å². The number of carbonyl (C=O) groups is 1. The molecule has 2 rings (SSSR count). The Balaban J connectivity index is 2.16. The molecule has 1 aliphatic rings. The Labute approximate surface area is 105 Å². The van der Waals surface area contributed by atoms with Crippen LogP contribution in [0.15, 0.2) is 24.3 Å². The van der Waals surface area contributed by atoms with Crippen LogP contribution in [0, 0.1) is 0 Å². The topological polar surface area (TPSA) is 55.6 Å². The van der Waals surface area contributed by atoms with Gasteiger partial charge in [-0.05, 0) is 24.3 Å². The van der Waals surface area contributed by atoms with E-state index in [1.54, 1.807) is 0 Å². The van der Waals surface area contributed by atoms with E-state index < -0.39 is 0 Å². The predicted octanol–water partition coefficient (Wildman–Crippen LogP) is 1.07. The summed E-state index contributed by atoms with van der Waals surface area (Å²) in [4.78, 5) is 13.7. The first-order chi connectivity index (χ1) is 8.09. The number of anilines is 1. The Morgan fingerprint density at radius 3 is 2.59 bits per heavy atom. The molecule has 4 nitrogen and oxygen atoms in total. The lowest BCUT2D eigenvalue weighted by atomic mass is 10.1. The minimum Gasteiger partial charge on any atom is -0.464 e. The second-order valence-corrected chi connectivity index (χ2v) is 4.43. The third kappa shape index (κ3) is 2.39. The van der Waals surface area contributed by atoms with Crippen LogP contribution in [0.25, 0.3) is 0 Å². The summed E-state index contributed by atoms with van der Waals surface area (Å²) in [5.41, 5.74) is 7.31. The van der Waals surface area contributed by atoms with Crippen molar-refractivity contribution in [2.24, 2.45) is 5.73 Å². The number of thiocarbonyl (C=S) groups is 1. The number of nitrogens with zero attached hydrogens (tertiary/aromatic N) is 1. The fourth-order valence-corrected chi connectivity index (χ4v) is 2.01. The second kappa shape index (κ2) is 4.71. The molecule has 1 saturated heterocycles. The highest BCUT2D eigenvalue weighted by Gasteiger charge is 2.30. The molecule has 1 fully saturated rings. The predicted molar refractivity (Wildman–Crippen MR) is 70.1 cm³/mol. The number of ether oxygens (including phenoxy) is 1. The second-order valence-electron chi connectivity index (χ2n) is 3.99. The van der Waals surface area contributed by atoms with E-state index in [9.17, 15) is 4.79 Å². The number of carbonyl (C=O) groups excluding carboxylic acids is 1. The molecule has 90 valence electrons. The zero-order chi connectivity index (χ0) is 12.4. The number of hydrogen-bond donors (Lipinski definition) is 1. The molecular weight excluding hydrogens is 236 g/mol. The van der Waals surface area contributed by atoms with Crippen molar-refractivity contribution in [1.29, 1.82) is 0 Å². The van der Waals surface area contributed by atoms with Crippen molar-refractivity contribution in [3.63, 3.8) is 0 Å². The van der Waals surface area contributed by atoms with Crippen LogP contribution in [0.2, 0.25) is 0 Å². The highest BCUT2D eigenvalue weighted by Crippen LogP contribution is 2.21. The van der Waals surface area contributed by atoms with Crippen molar-refractivity contribution in [3.8, 4) is 0 Å². The van der Waals surface area contributed by atoms with E-state index in [1.165, 1.54) is 0 Å². The molecule has 0 aromatic heterocycles. The van der Waals surface area contributed by atoms with Gasteiger partial charge in [-0.2, -0.15) is 0 Å². The summed E-state index contributed by atoms with van der Waals surface area (Å²) in [5, 5.41) is 0. The normalized spacial score (nSPS) is 18.9. The summed E-state index contributed by atoms with van der Waals surface area (Å²) >= 11 is 4.89. The Morgan fingerprint density at radius 1 is 1.47 bits per heavy atom. The first-order valence-corrected chi connectivity index (χ1v) is 5.80. The molecule has 2 N–H and O–H groups in total. The maximum Gasteiger partial charge on any atom is 0.328 e. The van der Waals surface area contributed by atoms with Gasteiger partial charge in [0.1, 0.15) is 11.0 Å². The van der Waals surface area contributed by atoms with Gasteiger partial charge in [0, 0.05) is 24.7 Å². The van der Waals surface area contributed by atoms with Crippen LogP contribution in [0.1, 0.15) is 12.0 Å². The molecular formula is C12H14N2O2S. The highest BCUT2D eigenvalue weighted by atomic mass is 32.1. The molecule has 1 aliphatic heterocycles. The summed E-state index contributed by atoms with van der Waals surface area (Å²) in [5.74, 6) is -0.161. The van der Waals surface area contributed by atoms with Crippen LogP contribution in [0.5, 0.6) is 0 Å². The average Bonchev–Trinajstić information content (AvgIpc) is 2.74. The van der Waals surface area contributed by atoms with Gasteiger partial charge in [0.2, 0.25) is 0 Å². The molecule has 1 aromatic rings. The standard InChI is InChI=1S/C12H14N2O2S/c1-14(10-6-7-16-12(10)15)9-4-2-8(3-5-9)11(13)17/h2-5,10H,6-7H2,1H3,(H2,13,17). The Morgan fingerprint density at radius 2 is 2.12 bits per heavy atom. The Kier molecular flexibility index (Phi) is 3.28. The van der Waals surface area contributed by atoms with Gasteiger partial charge in [-0.3, -0.25) is 0 Å². The van der Waals surface area contributed by atoms with E-state index in [-0.39, 0.29) is 12.0 Å². The van der Waals surface area contributed by atoms with Crippen LogP contribution in [0.4, 0.5) is 5.69 Å². The molecule has 0 amide bonds. The van der Waals surface area contributed by atoms with Gasteiger partial charge in [0.25, 0.3) is 0 Å². The lowest BCUT2D eigenvalue weighted by Gasteiger charge is -2.23. The number of benzene rings is 1. The molecule has 0 bridgehead atoms. The summed E-state index contributed by atoms with van der Waals surface area (Å²) in [6.07, 6.45) is 0.729. The van der Waals surface area contributed by atoms with E-state index >= 15 is 0 Å². The molecule has 0 aliphatic carbocycles. The molecule has 17 heavy (non-hydrogen) atoms. The van der Waals surface area contributed by atoms with E-state index in [2.05, 4.69) is 0 Å². The summed E-state index contributed by atoms with van der Waals surface area (Å²) < 4.78 is 4.95. The summed E-state index contributed by atoms with van der Waals surface area (Å²) in [7, 11) is 1.88. The zero-order valence-electron chi connectivity index (χ0n) is 9.55. The fourth-order valence-electron chi connectivity index (χ4n) is 1.88. The number of nitrogens with two attached hydrogens (primary N) is 1. The number of esters is 1. The number of rotatable bonds is 3. The van der Waals surface area contributed by atoms with Crippen LogP contribution in [0.3, 0.4) is 0 Å². The van der Waals surface area contributed by atoms with Crippen molar-refractivity contribution >= 4 is 28.9 Å². The first kappa shape index (κ1) is 11.9. The van der Waals surface area contributed by atoms with Gasteiger partial charge < -0.3 is 15.4 Å². The van der Waals surface area contributed by atoms with Crippen molar-refractivity contribution in [2.45, 2.75) is 12.5 Å². The molecule has 5 heteroatoms. The van der Waals surface area contributed by atoms with E-state index in [0.29, 0.717) is 11.6 Å². The molecule has 1 unspecified atom stereocenters. The first-order valence-electron chi connectivity index (χ1n) is 5.39. The van der Waals surface area contributed by atoms with E-state index in [4.69, 9.17) is 22.7 Å². The lowest BCUT2D eigenvalue weighted by molar-refractivity contribution is -0.139. The van der Waals surface area contributed by atoms with Crippen molar-refractivity contribution in [3.05, 3.63) is 29.8 Å². The maximum absolute atomic E-state index is 11.5. The van der Waals surface area contributed by atoms with Gasteiger partial charge in [-0.15, -0.1) is 0 Å². The summed E-state index contributed by atoms with van der Waals surface area (Å²) in [6.45, 7) is 0.499. The molecule has 1 heterocycles. The van der Waals surface area contributed by atoms with Crippen LogP contribution >= 0.6 is 12.2 Å². The number of likely N-dealkylation sites (N-methyl/N-ethyl adjacent to an activating group) is 1. The van der Waals surface area contributed by atoms with Crippen molar-refractivity contribution in [1.82, 2.24) is 0 Å². The third-order valence-corrected chi connectivity index (χ3v) is 3.17. The van der Waals surface area contributed by atoms with E-state index in [1.807, 2.05) is 36.2 Å². The molecule has 0 saturated carbocycles. The van der Waals surface area contributed by atoms with Crippen LogP contribution in [-0.4, -0.2) is 30.7 Å². The third-order valence-electron chi connectivity index (χ3n) is 2.93. The molecule has 1 aromatic carbocycles. The van der Waals surface area contributed by atoms with Gasteiger partial charge in [0.15, 0.2) is 0 Å². The zero-order valence-corrected chi connectivity index (χ0v) is 10.4. The smallest absolute Gasteiger partial charge is 0.328 e. The highest BCUT2D eigenvalue weighted by molar-refractivity contribution is 7.80. The minimum atomic E-state index is -0.189. The molecule has 0 radical (unpaired) electrons. The lowest BCUT2D eigenvalue weighted by Crippen LogP contribution is -2.35. The van der Waals surface area contributed by atoms with Crippen LogP contribution in [-0.2, 0) is 9.53 Å². The van der Waals surface area contributed by atoms with E-state index in [0.717, 1.165) is 17.7 Å². The quantitative estimate of drug-likeness (QED) is 0.642. The number of cyclic esters (lactones) is 1. The minimum absolute atomic E-state index is 0.161. The Hall–Kier alpha value is -1.62. The monoisotopic (exact) mass is 250 g/mol. The fraction of sp³-hybridized carbons (Fsp3) is 0.333. The molecule has 0 spiro atoms. The van der Waals surface area contributed by atoms with Gasteiger partial charge in [-0.1, -0.05) is 12.2 Å².